The molecule has 0 saturated heterocycles. The number of carbonyl (C=O) groups is 2. The van der Waals surface area contributed by atoms with Gasteiger partial charge in [0.05, 0.1) is 16.9 Å². The standard InChI is InChI=1S/C25H26N6O3.C2H6/c1-31(14-13-19-15-22(30-34-19)25(33)28-18-7-3-2-4-8-18)23-12-11-17(16-27-23)24(32)29-21-10-6-5-9-20(21)26;1-2/h2-12,16,19H,13-15,26H2,1H3,(H,28,33)(H,29,32);1-2H3. The Morgan fingerprint density at radius 1 is 1.00 bits per heavy atom. The molecular weight excluding hydrogens is 456 g/mol. The van der Waals surface area contributed by atoms with Crippen LogP contribution in [0.1, 0.15) is 37.0 Å². The van der Waals surface area contributed by atoms with Crippen molar-refractivity contribution in [2.24, 2.45) is 5.16 Å². The maximum atomic E-state index is 12.5. The summed E-state index contributed by atoms with van der Waals surface area (Å²) in [5.41, 5.74) is 8.46. The Morgan fingerprint density at radius 3 is 2.42 bits per heavy atom. The summed E-state index contributed by atoms with van der Waals surface area (Å²) in [6, 6.07) is 19.8. The zero-order chi connectivity index (χ0) is 25.9. The number of nitrogens with two attached hydrogens (primary N) is 1. The molecule has 188 valence electrons. The average molecular weight is 489 g/mol. The van der Waals surface area contributed by atoms with Crippen molar-refractivity contribution >= 4 is 40.4 Å². The molecule has 0 saturated carbocycles. The molecule has 0 bridgehead atoms. The first kappa shape index (κ1) is 26.2. The number of hydrogen-bond acceptors (Lipinski definition) is 7. The fourth-order valence-electron chi connectivity index (χ4n) is 3.45. The van der Waals surface area contributed by atoms with E-state index in [0.29, 0.717) is 47.7 Å². The topological polar surface area (TPSA) is 122 Å². The third kappa shape index (κ3) is 7.05. The normalized spacial score (nSPS) is 14.0. The fourth-order valence-corrected chi connectivity index (χ4v) is 3.45. The van der Waals surface area contributed by atoms with Crippen LogP contribution in [0.4, 0.5) is 22.9 Å². The minimum absolute atomic E-state index is 0.180. The Balaban J connectivity index is 0.00000176. The highest BCUT2D eigenvalue weighted by atomic mass is 16.6. The van der Waals surface area contributed by atoms with E-state index in [9.17, 15) is 9.59 Å². The lowest BCUT2D eigenvalue weighted by Gasteiger charge is -2.19. The summed E-state index contributed by atoms with van der Waals surface area (Å²) in [6.45, 7) is 4.65. The van der Waals surface area contributed by atoms with E-state index < -0.39 is 0 Å². The zero-order valence-corrected chi connectivity index (χ0v) is 20.8. The van der Waals surface area contributed by atoms with Gasteiger partial charge in [0.1, 0.15) is 17.6 Å². The van der Waals surface area contributed by atoms with Gasteiger partial charge in [-0.3, -0.25) is 9.59 Å². The number of nitrogen functional groups attached to an aromatic ring is 1. The maximum Gasteiger partial charge on any atom is 0.273 e. The Bertz CT molecular complexity index is 1180. The van der Waals surface area contributed by atoms with Gasteiger partial charge < -0.3 is 26.1 Å². The van der Waals surface area contributed by atoms with E-state index in [1.807, 2.05) is 56.1 Å². The van der Waals surface area contributed by atoms with Crippen LogP contribution in [0.15, 0.2) is 78.1 Å². The molecule has 2 amide bonds. The second kappa shape index (κ2) is 12.9. The largest absolute Gasteiger partial charge is 0.397 e. The third-order valence-electron chi connectivity index (χ3n) is 5.42. The number of hydrogen-bond donors (Lipinski definition) is 3. The molecule has 36 heavy (non-hydrogen) atoms. The summed E-state index contributed by atoms with van der Waals surface area (Å²) < 4.78 is 0. The lowest BCUT2D eigenvalue weighted by atomic mass is 10.1. The van der Waals surface area contributed by atoms with Crippen molar-refractivity contribution in [3.63, 3.8) is 0 Å². The zero-order valence-electron chi connectivity index (χ0n) is 20.8. The smallest absolute Gasteiger partial charge is 0.273 e. The van der Waals surface area contributed by atoms with Gasteiger partial charge in [-0.1, -0.05) is 49.3 Å². The van der Waals surface area contributed by atoms with Gasteiger partial charge in [0.25, 0.3) is 11.8 Å². The molecule has 3 aromatic rings. The van der Waals surface area contributed by atoms with Crippen molar-refractivity contribution in [1.29, 1.82) is 0 Å². The number of nitrogens with zero attached hydrogens (tertiary/aromatic N) is 3. The Kier molecular flexibility index (Phi) is 9.39. The molecule has 1 atom stereocenters. The van der Waals surface area contributed by atoms with Gasteiger partial charge in [-0.2, -0.15) is 0 Å². The van der Waals surface area contributed by atoms with Crippen molar-refractivity contribution in [2.45, 2.75) is 32.8 Å². The van der Waals surface area contributed by atoms with Gasteiger partial charge >= 0.3 is 0 Å². The minimum Gasteiger partial charge on any atom is -0.397 e. The minimum atomic E-state index is -0.280. The molecule has 1 aliphatic rings. The van der Waals surface area contributed by atoms with Crippen molar-refractivity contribution in [2.75, 3.05) is 34.9 Å². The van der Waals surface area contributed by atoms with Crippen LogP contribution in [0, 0.1) is 0 Å². The van der Waals surface area contributed by atoms with Crippen LogP contribution < -0.4 is 21.3 Å². The first-order valence-electron chi connectivity index (χ1n) is 11.9. The number of benzene rings is 2. The molecule has 2 aromatic carbocycles. The Hall–Kier alpha value is -4.40. The highest BCUT2D eigenvalue weighted by Crippen LogP contribution is 2.20. The molecule has 4 rings (SSSR count). The SMILES string of the molecule is CC.CN(CCC1CC(C(=O)Nc2ccccc2)=NO1)c1ccc(C(=O)Nc2ccccc2N)cn1. The summed E-state index contributed by atoms with van der Waals surface area (Å²) in [7, 11) is 1.91. The fraction of sp³-hybridized carbons (Fsp3) is 0.259. The van der Waals surface area contributed by atoms with Gasteiger partial charge in [-0.25, -0.2) is 4.98 Å². The molecule has 0 spiro atoms. The van der Waals surface area contributed by atoms with Crippen molar-refractivity contribution < 1.29 is 14.4 Å². The highest BCUT2D eigenvalue weighted by Gasteiger charge is 2.26. The third-order valence-corrected chi connectivity index (χ3v) is 5.42. The maximum absolute atomic E-state index is 12.5. The summed E-state index contributed by atoms with van der Waals surface area (Å²) in [4.78, 5) is 36.6. The summed E-state index contributed by atoms with van der Waals surface area (Å²) in [5.74, 6) is 0.184. The van der Waals surface area contributed by atoms with E-state index in [0.717, 1.165) is 5.82 Å². The predicted octanol–water partition coefficient (Wildman–Crippen LogP) is 4.55. The molecule has 1 unspecified atom stereocenters. The van der Waals surface area contributed by atoms with E-state index in [2.05, 4.69) is 20.8 Å². The van der Waals surface area contributed by atoms with Gasteiger partial charge in [-0.05, 0) is 36.4 Å². The summed E-state index contributed by atoms with van der Waals surface area (Å²) in [5, 5.41) is 9.56. The monoisotopic (exact) mass is 488 g/mol. The Labute approximate surface area is 211 Å². The number of amides is 2. The lowest BCUT2D eigenvalue weighted by molar-refractivity contribution is -0.110. The summed E-state index contributed by atoms with van der Waals surface area (Å²) >= 11 is 0. The van der Waals surface area contributed by atoms with Gasteiger partial charge in [0.15, 0.2) is 0 Å². The van der Waals surface area contributed by atoms with E-state index >= 15 is 0 Å². The second-order valence-corrected chi connectivity index (χ2v) is 7.95. The molecule has 1 aromatic heterocycles. The van der Waals surface area contributed by atoms with Crippen molar-refractivity contribution in [3.8, 4) is 0 Å². The van der Waals surface area contributed by atoms with E-state index in [4.69, 9.17) is 10.6 Å². The van der Waals surface area contributed by atoms with E-state index in [-0.39, 0.29) is 17.9 Å². The van der Waals surface area contributed by atoms with Gasteiger partial charge in [0.2, 0.25) is 0 Å². The molecule has 9 nitrogen and oxygen atoms in total. The second-order valence-electron chi connectivity index (χ2n) is 7.95. The van der Waals surface area contributed by atoms with E-state index in [1.165, 1.54) is 6.20 Å². The molecule has 0 aliphatic carbocycles. The number of para-hydroxylation sites is 3. The van der Waals surface area contributed by atoms with Crippen LogP contribution in [0.2, 0.25) is 0 Å². The summed E-state index contributed by atoms with van der Waals surface area (Å²) in [6.07, 6.45) is 2.46. The van der Waals surface area contributed by atoms with E-state index in [1.54, 1.807) is 36.4 Å². The lowest BCUT2D eigenvalue weighted by Crippen LogP contribution is -2.26. The number of rotatable bonds is 8. The first-order valence-corrected chi connectivity index (χ1v) is 11.9. The van der Waals surface area contributed by atoms with Crippen LogP contribution in [-0.4, -0.2) is 42.2 Å². The van der Waals surface area contributed by atoms with Crippen LogP contribution in [0.3, 0.4) is 0 Å². The Morgan fingerprint density at radius 2 is 1.72 bits per heavy atom. The molecule has 0 fully saturated rings. The average Bonchev–Trinajstić information content (AvgIpc) is 3.40. The molecule has 0 radical (unpaired) electrons. The number of pyridine rings is 1. The molecule has 9 heteroatoms. The first-order chi connectivity index (χ1) is 17.5. The number of anilines is 4. The van der Waals surface area contributed by atoms with Crippen molar-refractivity contribution in [3.05, 3.63) is 78.5 Å². The van der Waals surface area contributed by atoms with Gasteiger partial charge in [-0.15, -0.1) is 0 Å². The van der Waals surface area contributed by atoms with Gasteiger partial charge in [0, 0.05) is 38.3 Å². The number of nitrogens with one attached hydrogen (secondary N) is 2. The molecule has 1 aliphatic heterocycles. The highest BCUT2D eigenvalue weighted by molar-refractivity contribution is 6.43. The number of carbonyl (C=O) groups excluding carboxylic acids is 2. The van der Waals surface area contributed by atoms with Crippen molar-refractivity contribution in [1.82, 2.24) is 4.98 Å². The number of aromatic nitrogens is 1. The number of oxime groups is 1. The molecular formula is C27H32N6O3. The van der Waals surface area contributed by atoms with Crippen LogP contribution in [0.5, 0.6) is 0 Å². The quantitative estimate of drug-likeness (QED) is 0.400. The predicted molar refractivity (Wildman–Crippen MR) is 144 cm³/mol. The van der Waals surface area contributed by atoms with Crippen LogP contribution in [-0.2, 0) is 9.63 Å². The van der Waals surface area contributed by atoms with Crippen LogP contribution in [0.25, 0.3) is 0 Å². The molecule has 2 heterocycles. The molecule has 4 N–H and O–H groups in total. The van der Waals surface area contributed by atoms with Crippen LogP contribution >= 0.6 is 0 Å².